The number of nitrogens with zero attached hydrogens (tertiary/aromatic N) is 2. The second-order valence-corrected chi connectivity index (χ2v) is 15.7. The lowest BCUT2D eigenvalue weighted by Gasteiger charge is -2.21. The Morgan fingerprint density at radius 2 is 1.47 bits per heavy atom. The number of aromatic nitrogens is 1. The molecule has 2 heterocycles. The number of nitro benzene ring substituents is 1. The Kier molecular flexibility index (Phi) is 19.6. The fourth-order valence-electron chi connectivity index (χ4n) is 5.35. The number of hydrogen-bond donors (Lipinski definition) is 9. The molecular formula is C41H36BrCl2F3N4O15. The number of carboxylic acids is 5. The van der Waals surface area contributed by atoms with Crippen molar-refractivity contribution in [1.29, 1.82) is 0 Å². The van der Waals surface area contributed by atoms with Gasteiger partial charge in [0.1, 0.15) is 22.6 Å². The number of nitrogens with two attached hydrogens (primary N) is 1. The van der Waals surface area contributed by atoms with E-state index in [0.29, 0.717) is 16.5 Å². The second-order valence-electron chi connectivity index (χ2n) is 13.3. The second kappa shape index (κ2) is 23.6. The molecule has 1 atom stereocenters. The molecular weight excluding hydrogens is 996 g/mol. The van der Waals surface area contributed by atoms with Crippen molar-refractivity contribution in [2.24, 2.45) is 10.7 Å². The van der Waals surface area contributed by atoms with Crippen molar-refractivity contribution in [2.75, 3.05) is 0 Å². The first kappa shape index (κ1) is 54.9. The number of nitro groups is 1. The van der Waals surface area contributed by atoms with Crippen LogP contribution >= 0.6 is 39.1 Å². The molecule has 10 N–H and O–H groups in total. The largest absolute Gasteiger partial charge is 0.508 e. The minimum Gasteiger partial charge on any atom is -0.508 e. The van der Waals surface area contributed by atoms with Gasteiger partial charge in [-0.2, -0.15) is 13.2 Å². The maximum Gasteiger partial charge on any atom is 0.421 e. The number of carbonyl (C=O) groups is 6. The number of nitrogens with one attached hydrogen (secondary N) is 1. The van der Waals surface area contributed by atoms with Crippen molar-refractivity contribution >= 4 is 97.2 Å². The van der Waals surface area contributed by atoms with Crippen LogP contribution in [0.25, 0.3) is 10.9 Å². The first-order chi connectivity index (χ1) is 30.5. The maximum absolute atomic E-state index is 11.8. The summed E-state index contributed by atoms with van der Waals surface area (Å²) in [6, 6.07) is 19.1. The lowest BCUT2D eigenvalue weighted by molar-refractivity contribution is -0.385. The molecule has 0 bridgehead atoms. The molecule has 0 fully saturated rings. The molecule has 5 aromatic rings. The molecule has 4 aromatic carbocycles. The van der Waals surface area contributed by atoms with Gasteiger partial charge < -0.3 is 46.5 Å². The van der Waals surface area contributed by atoms with Crippen LogP contribution in [0, 0.1) is 17.0 Å². The number of aromatic amines is 1. The third-order valence-electron chi connectivity index (χ3n) is 8.64. The van der Waals surface area contributed by atoms with Crippen molar-refractivity contribution in [3.05, 3.63) is 133 Å². The molecule has 25 heteroatoms. The number of aryl methyl sites for hydroxylation is 1. The lowest BCUT2D eigenvalue weighted by Crippen LogP contribution is -2.34. The van der Waals surface area contributed by atoms with Crippen LogP contribution in [0.1, 0.15) is 78.0 Å². The number of phenols is 2. The van der Waals surface area contributed by atoms with E-state index in [-0.39, 0.29) is 28.2 Å². The molecule has 1 unspecified atom stereocenters. The number of carbonyl (C=O) groups excluding carboxylic acids is 1. The molecule has 1 aromatic heterocycles. The Morgan fingerprint density at radius 3 is 1.95 bits per heavy atom. The average molecular weight is 1030 g/mol. The van der Waals surface area contributed by atoms with Gasteiger partial charge >= 0.3 is 36.0 Å². The zero-order valence-electron chi connectivity index (χ0n) is 33.8. The number of rotatable bonds is 9. The number of aliphatic carboxylic acids is 2. The highest BCUT2D eigenvalue weighted by Gasteiger charge is 2.52. The number of aromatic carboxylic acids is 3. The smallest absolute Gasteiger partial charge is 0.421 e. The van der Waals surface area contributed by atoms with Crippen LogP contribution in [-0.2, 0) is 16.0 Å². The average Bonchev–Trinajstić information content (AvgIpc) is 3.61. The molecule has 66 heavy (non-hydrogen) atoms. The Bertz CT molecular complexity index is 2660. The number of alkyl halides is 5. The normalized spacial score (nSPS) is 12.6. The van der Waals surface area contributed by atoms with Crippen molar-refractivity contribution < 1.29 is 82.6 Å². The Labute approximate surface area is 387 Å². The third-order valence-corrected chi connectivity index (χ3v) is 9.94. The van der Waals surface area contributed by atoms with Crippen LogP contribution in [0.3, 0.4) is 0 Å². The Morgan fingerprint density at radius 1 is 0.848 bits per heavy atom. The van der Waals surface area contributed by atoms with Crippen molar-refractivity contribution in [2.45, 2.75) is 49.7 Å². The SMILES string of the molecule is CC1=NC(C(=O)O)Cc2c1[nH]c1ccccc21.Cc1ccc(C(=O)O)cc1O.NC(=O)c1cccc([N+](=O)[O-])c1C(=O)O.O=C(O)CCC(Cl)(Cl)C(F)(F)F.O=C(O)c1cc(Br)ccc1O. The standard InChI is InChI=1S/C13H12N2O2.C8H6N2O5.C8H8O3.C7H5BrO3.C5H5Cl2F3O2/c1-7-12-9(6-11(14-7)13(16)17)8-4-2-3-5-10(8)15-12;9-7(11)4-2-1-3-5(10(14)15)6(4)8(12)13;1-5-2-3-6(8(10)11)4-7(5)9;8-4-1-2-6(9)5(3-4)7(10)11;6-4(7,5(8,9)10)2-1-3(11)12/h2-5,11,15H,6H2,1H3,(H,16,17);1-3H,(H2,9,11)(H,12,13);2-4,9H,1H3,(H,10,11);1-3,9H,(H,10,11);1-2H2,(H,11,12). The van der Waals surface area contributed by atoms with Crippen LogP contribution in [0.4, 0.5) is 18.9 Å². The molecule has 0 saturated heterocycles. The van der Waals surface area contributed by atoms with E-state index in [2.05, 4.69) is 25.9 Å². The van der Waals surface area contributed by atoms with Gasteiger partial charge in [-0.3, -0.25) is 24.7 Å². The van der Waals surface area contributed by atoms with Crippen LogP contribution in [-0.4, -0.2) is 104 Å². The van der Waals surface area contributed by atoms with Gasteiger partial charge in [-0.05, 0) is 73.9 Å². The number of primary amides is 1. The maximum atomic E-state index is 11.8. The molecule has 352 valence electrons. The Balaban J connectivity index is 0.000000287. The molecule has 0 saturated carbocycles. The fourth-order valence-corrected chi connectivity index (χ4v) is 5.90. The van der Waals surface area contributed by atoms with E-state index in [4.69, 9.17) is 64.7 Å². The van der Waals surface area contributed by atoms with Crippen LogP contribution in [0.15, 0.2) is 88.3 Å². The number of H-pyrrole nitrogens is 1. The van der Waals surface area contributed by atoms with Gasteiger partial charge in [0, 0.05) is 34.3 Å². The van der Waals surface area contributed by atoms with Crippen molar-refractivity contribution in [3.63, 3.8) is 0 Å². The summed E-state index contributed by atoms with van der Waals surface area (Å²) >= 11 is 12.8. The van der Waals surface area contributed by atoms with Gasteiger partial charge in [-0.1, -0.05) is 69.5 Å². The summed E-state index contributed by atoms with van der Waals surface area (Å²) in [6.07, 6.45) is -5.90. The minimum absolute atomic E-state index is 0.0184. The Hall–Kier alpha value is -7.24. The van der Waals surface area contributed by atoms with E-state index >= 15 is 0 Å². The molecule has 0 aliphatic carbocycles. The predicted octanol–water partition coefficient (Wildman–Crippen LogP) is 8.22. The monoisotopic (exact) mass is 1030 g/mol. The summed E-state index contributed by atoms with van der Waals surface area (Å²) in [4.78, 5) is 80.4. The molecule has 6 rings (SSSR count). The topological polar surface area (TPSA) is 341 Å². The third kappa shape index (κ3) is 15.5. The molecule has 19 nitrogen and oxygen atoms in total. The van der Waals surface area contributed by atoms with E-state index in [1.165, 1.54) is 30.3 Å². The van der Waals surface area contributed by atoms with E-state index in [0.717, 1.165) is 40.0 Å². The van der Waals surface area contributed by atoms with Crippen LogP contribution < -0.4 is 5.73 Å². The van der Waals surface area contributed by atoms with Crippen LogP contribution in [0.2, 0.25) is 0 Å². The molecule has 1 aliphatic heterocycles. The summed E-state index contributed by atoms with van der Waals surface area (Å²) in [6.45, 7) is 3.56. The van der Waals surface area contributed by atoms with Crippen LogP contribution in [0.5, 0.6) is 11.5 Å². The molecule has 1 amide bonds. The quantitative estimate of drug-likeness (QED) is 0.0381. The fraction of sp³-hybridized carbons (Fsp3) is 0.195. The first-order valence-corrected chi connectivity index (χ1v) is 19.6. The zero-order chi connectivity index (χ0) is 50.4. The number of para-hydroxylation sites is 1. The van der Waals surface area contributed by atoms with Gasteiger partial charge in [-0.15, -0.1) is 0 Å². The van der Waals surface area contributed by atoms with E-state index in [1.54, 1.807) is 19.1 Å². The van der Waals surface area contributed by atoms with Gasteiger partial charge in [0.2, 0.25) is 10.2 Å². The summed E-state index contributed by atoms with van der Waals surface area (Å²) < 4.78 is 33.1. The van der Waals surface area contributed by atoms with Gasteiger partial charge in [0.05, 0.1) is 27.5 Å². The van der Waals surface area contributed by atoms with Gasteiger partial charge in [0.15, 0.2) is 6.04 Å². The molecule has 0 radical (unpaired) electrons. The zero-order valence-corrected chi connectivity index (χ0v) is 36.9. The summed E-state index contributed by atoms with van der Waals surface area (Å²) in [5, 5.41) is 72.5. The number of benzene rings is 4. The number of amides is 1. The van der Waals surface area contributed by atoms with Crippen molar-refractivity contribution in [3.8, 4) is 11.5 Å². The van der Waals surface area contributed by atoms with Gasteiger partial charge in [0.25, 0.3) is 5.69 Å². The number of halogens is 6. The minimum atomic E-state index is -4.80. The van der Waals surface area contributed by atoms with Gasteiger partial charge in [-0.25, -0.2) is 19.2 Å². The number of hydrogen-bond acceptors (Lipinski definition) is 11. The van der Waals surface area contributed by atoms with Crippen molar-refractivity contribution in [1.82, 2.24) is 4.98 Å². The number of aliphatic imine (C=N–C) groups is 1. The number of aromatic hydroxyl groups is 2. The number of phenolic OH excluding ortho intramolecular Hbond substituents is 1. The highest BCUT2D eigenvalue weighted by Crippen LogP contribution is 2.43. The summed E-state index contributed by atoms with van der Waals surface area (Å²) in [5.74, 6) is -7.17. The highest BCUT2D eigenvalue weighted by atomic mass is 79.9. The van der Waals surface area contributed by atoms with E-state index in [1.807, 2.05) is 31.2 Å². The summed E-state index contributed by atoms with van der Waals surface area (Å²) in [7, 11) is 0. The summed E-state index contributed by atoms with van der Waals surface area (Å²) in [5.41, 5.74) is 7.72. The predicted molar refractivity (Wildman–Crippen MR) is 234 cm³/mol. The molecule has 1 aliphatic rings. The molecule has 0 spiro atoms. The lowest BCUT2D eigenvalue weighted by atomic mass is 9.98. The number of carboxylic acid groups (broad SMARTS) is 5. The van der Waals surface area contributed by atoms with E-state index in [9.17, 15) is 52.1 Å². The highest BCUT2D eigenvalue weighted by molar-refractivity contribution is 9.10. The first-order valence-electron chi connectivity index (χ1n) is 18.1. The van der Waals surface area contributed by atoms with E-state index < -0.39 is 81.3 Å². The number of fused-ring (bicyclic) bond motifs is 3.